The van der Waals surface area contributed by atoms with E-state index in [1.807, 2.05) is 12.1 Å². The molecule has 0 saturated carbocycles. The van der Waals surface area contributed by atoms with Crippen LogP contribution in [0, 0.1) is 6.92 Å². The summed E-state index contributed by atoms with van der Waals surface area (Å²) >= 11 is 6.08. The van der Waals surface area contributed by atoms with Crippen LogP contribution in [0.15, 0.2) is 48.5 Å². The molecule has 4 nitrogen and oxygen atoms in total. The number of hydrazine groups is 1. The maximum absolute atomic E-state index is 6.66. The molecule has 3 aliphatic heterocycles. The molecule has 3 heterocycles. The van der Waals surface area contributed by atoms with Crippen LogP contribution in [0.1, 0.15) is 35.6 Å². The maximum atomic E-state index is 6.66. The third kappa shape index (κ3) is 2.83. The van der Waals surface area contributed by atoms with Gasteiger partial charge in [-0.05, 0) is 43.8 Å². The van der Waals surface area contributed by atoms with E-state index < -0.39 is 0 Å². The molecule has 140 valence electrons. The Morgan fingerprint density at radius 3 is 2.59 bits per heavy atom. The molecule has 0 unspecified atom stereocenters. The third-order valence-electron chi connectivity index (χ3n) is 5.99. The number of hydrogen-bond acceptors (Lipinski definition) is 4. The molecular weight excluding hydrogens is 358 g/mol. The Hall–Kier alpha value is -2.01. The third-order valence-corrected chi connectivity index (χ3v) is 6.24. The number of rotatable bonds is 1. The Labute approximate surface area is 165 Å². The van der Waals surface area contributed by atoms with E-state index in [1.54, 1.807) is 0 Å². The van der Waals surface area contributed by atoms with Crippen molar-refractivity contribution in [2.45, 2.75) is 31.5 Å². The molecule has 1 atom stereocenters. The average molecular weight is 382 g/mol. The monoisotopic (exact) mass is 381 g/mol. The van der Waals surface area contributed by atoms with Crippen LogP contribution in [-0.4, -0.2) is 35.8 Å². The number of piperidine rings is 1. The molecule has 0 amide bonds. The van der Waals surface area contributed by atoms with Crippen LogP contribution in [-0.2, 0) is 0 Å². The number of nitrogens with zero attached hydrogens (tertiary/aromatic N) is 2. The number of halogens is 1. The number of ether oxygens (including phenoxy) is 1. The molecule has 0 bridgehead atoms. The highest BCUT2D eigenvalue weighted by Crippen LogP contribution is 2.48. The fourth-order valence-electron chi connectivity index (χ4n) is 4.40. The Morgan fingerprint density at radius 2 is 1.85 bits per heavy atom. The van der Waals surface area contributed by atoms with Crippen molar-refractivity contribution < 1.29 is 4.74 Å². The van der Waals surface area contributed by atoms with Crippen molar-refractivity contribution in [1.29, 1.82) is 0 Å². The minimum Gasteiger partial charge on any atom is -0.470 e. The lowest BCUT2D eigenvalue weighted by Gasteiger charge is -2.51. The van der Waals surface area contributed by atoms with Gasteiger partial charge in [0.15, 0.2) is 5.72 Å². The van der Waals surface area contributed by atoms with Gasteiger partial charge < -0.3 is 15.1 Å². The summed E-state index contributed by atoms with van der Waals surface area (Å²) < 4.78 is 6.66. The highest BCUT2D eigenvalue weighted by molar-refractivity contribution is 6.30. The molecule has 5 rings (SSSR count). The fourth-order valence-corrected chi connectivity index (χ4v) is 4.53. The first-order chi connectivity index (χ1) is 13.0. The van der Waals surface area contributed by atoms with Gasteiger partial charge in [0.25, 0.3) is 0 Å². The van der Waals surface area contributed by atoms with Gasteiger partial charge in [-0.3, -0.25) is 0 Å². The molecule has 3 aliphatic rings. The van der Waals surface area contributed by atoms with Gasteiger partial charge in [-0.15, -0.1) is 0 Å². The number of benzene rings is 2. The topological polar surface area (TPSA) is 27.7 Å². The summed E-state index contributed by atoms with van der Waals surface area (Å²) in [6.45, 7) is 4.20. The fraction of sp³-hybridized carbons (Fsp3) is 0.364. The standard InChI is InChI=1S/C22H24ClN3O/c1-15-3-8-21-18(13-15)20-14-19(16-4-6-17(23)7-5-16)24-26(20)22(27-21)9-11-25(2)12-10-22/h3-8,13-14,20,24H,9-12H2,1-2H3/t20-/m0/s1. The Kier molecular flexibility index (Phi) is 3.97. The predicted molar refractivity (Wildman–Crippen MR) is 108 cm³/mol. The summed E-state index contributed by atoms with van der Waals surface area (Å²) in [5.41, 5.74) is 8.11. The molecule has 2 aromatic rings. The zero-order valence-electron chi connectivity index (χ0n) is 15.7. The number of nitrogens with one attached hydrogen (secondary N) is 1. The normalized spacial score (nSPS) is 24.0. The van der Waals surface area contributed by atoms with Crippen LogP contribution >= 0.6 is 11.6 Å². The average Bonchev–Trinajstić information content (AvgIpc) is 3.12. The first-order valence-corrected chi connectivity index (χ1v) is 9.94. The summed E-state index contributed by atoms with van der Waals surface area (Å²) in [6, 6.07) is 14.7. The van der Waals surface area contributed by atoms with Crippen molar-refractivity contribution >= 4 is 17.3 Å². The maximum Gasteiger partial charge on any atom is 0.182 e. The second-order valence-electron chi connectivity index (χ2n) is 7.91. The molecule has 2 aromatic carbocycles. The molecule has 0 aliphatic carbocycles. The lowest BCUT2D eigenvalue weighted by Crippen LogP contribution is -2.63. The van der Waals surface area contributed by atoms with E-state index in [4.69, 9.17) is 16.3 Å². The first-order valence-electron chi connectivity index (χ1n) is 9.56. The van der Waals surface area contributed by atoms with E-state index in [0.29, 0.717) is 0 Å². The number of hydrogen-bond donors (Lipinski definition) is 1. The van der Waals surface area contributed by atoms with Gasteiger partial charge in [-0.2, -0.15) is 5.01 Å². The van der Waals surface area contributed by atoms with Crippen molar-refractivity contribution in [1.82, 2.24) is 15.3 Å². The molecule has 27 heavy (non-hydrogen) atoms. The van der Waals surface area contributed by atoms with Crippen LogP contribution in [0.4, 0.5) is 0 Å². The van der Waals surface area contributed by atoms with Crippen molar-refractivity contribution in [2.24, 2.45) is 0 Å². The van der Waals surface area contributed by atoms with Gasteiger partial charge in [0.1, 0.15) is 5.75 Å². The second-order valence-corrected chi connectivity index (χ2v) is 8.34. The van der Waals surface area contributed by atoms with Crippen LogP contribution in [0.25, 0.3) is 5.70 Å². The van der Waals surface area contributed by atoms with Crippen molar-refractivity contribution in [2.75, 3.05) is 20.1 Å². The minimum absolute atomic E-state index is 0.169. The van der Waals surface area contributed by atoms with Gasteiger partial charge in [0, 0.05) is 36.5 Å². The van der Waals surface area contributed by atoms with Gasteiger partial charge in [-0.25, -0.2) is 0 Å². The molecule has 5 heteroatoms. The van der Waals surface area contributed by atoms with Gasteiger partial charge >= 0.3 is 0 Å². The summed E-state index contributed by atoms with van der Waals surface area (Å²) in [5, 5.41) is 3.09. The van der Waals surface area contributed by atoms with Gasteiger partial charge in [0.05, 0.1) is 11.7 Å². The van der Waals surface area contributed by atoms with Crippen molar-refractivity contribution in [3.05, 3.63) is 70.3 Å². The lowest BCUT2D eigenvalue weighted by atomic mass is 9.92. The van der Waals surface area contributed by atoms with E-state index in [0.717, 1.165) is 48.0 Å². The van der Waals surface area contributed by atoms with E-state index >= 15 is 0 Å². The van der Waals surface area contributed by atoms with Gasteiger partial charge in [0.2, 0.25) is 0 Å². The smallest absolute Gasteiger partial charge is 0.182 e. The zero-order chi connectivity index (χ0) is 18.6. The van der Waals surface area contributed by atoms with Crippen LogP contribution < -0.4 is 10.2 Å². The molecule has 0 aromatic heterocycles. The lowest BCUT2D eigenvalue weighted by molar-refractivity contribution is -0.157. The first kappa shape index (κ1) is 17.1. The van der Waals surface area contributed by atoms with Crippen LogP contribution in [0.2, 0.25) is 5.02 Å². The molecule has 1 fully saturated rings. The van der Waals surface area contributed by atoms with E-state index in [-0.39, 0.29) is 11.8 Å². The molecule has 1 N–H and O–H groups in total. The van der Waals surface area contributed by atoms with E-state index in [1.165, 1.54) is 11.1 Å². The summed E-state index contributed by atoms with van der Waals surface area (Å²) in [5.74, 6) is 1.02. The van der Waals surface area contributed by atoms with Crippen LogP contribution in [0.5, 0.6) is 5.75 Å². The highest BCUT2D eigenvalue weighted by atomic mass is 35.5. The van der Waals surface area contributed by atoms with Crippen molar-refractivity contribution in [3.8, 4) is 5.75 Å². The molecule has 1 saturated heterocycles. The molecular formula is C22H24ClN3O. The predicted octanol–water partition coefficient (Wildman–Crippen LogP) is 4.37. The zero-order valence-corrected chi connectivity index (χ0v) is 16.5. The minimum atomic E-state index is -0.315. The Morgan fingerprint density at radius 1 is 1.11 bits per heavy atom. The quantitative estimate of drug-likeness (QED) is 0.794. The number of fused-ring (bicyclic) bond motifs is 4. The largest absolute Gasteiger partial charge is 0.470 e. The van der Waals surface area contributed by atoms with Crippen LogP contribution in [0.3, 0.4) is 0 Å². The Balaban J connectivity index is 1.58. The van der Waals surface area contributed by atoms with Crippen molar-refractivity contribution in [3.63, 3.8) is 0 Å². The Bertz CT molecular complexity index is 900. The molecule has 0 radical (unpaired) electrons. The summed E-state index contributed by atoms with van der Waals surface area (Å²) in [6.07, 6.45) is 4.27. The summed E-state index contributed by atoms with van der Waals surface area (Å²) in [4.78, 5) is 2.37. The van der Waals surface area contributed by atoms with E-state index in [2.05, 4.69) is 65.7 Å². The van der Waals surface area contributed by atoms with E-state index in [9.17, 15) is 0 Å². The highest BCUT2D eigenvalue weighted by Gasteiger charge is 2.51. The second kappa shape index (κ2) is 6.26. The number of aryl methyl sites for hydroxylation is 1. The molecule has 1 spiro atoms. The number of likely N-dealkylation sites (tertiary alicyclic amines) is 1. The summed E-state index contributed by atoms with van der Waals surface area (Å²) in [7, 11) is 2.18. The SMILES string of the molecule is Cc1ccc2c(c1)[C@@H]1C=C(c3ccc(Cl)cc3)NN1C1(CCN(C)CC1)O2. The van der Waals surface area contributed by atoms with Gasteiger partial charge in [-0.1, -0.05) is 41.4 Å².